The molecule has 0 aliphatic rings. The van der Waals surface area contributed by atoms with E-state index in [1.165, 1.54) is 32.1 Å². The minimum absolute atomic E-state index is 0.700. The molecule has 2 N–H and O–H groups in total. The third kappa shape index (κ3) is 4.24. The SMILES string of the molecule is CCCCCCCCOc1c(N)c(CC)nn1C. The van der Waals surface area contributed by atoms with Gasteiger partial charge in [0.05, 0.1) is 12.3 Å². The average molecular weight is 253 g/mol. The zero-order chi connectivity index (χ0) is 13.4. The fourth-order valence-corrected chi connectivity index (χ4v) is 2.06. The molecule has 0 bridgehead atoms. The van der Waals surface area contributed by atoms with Gasteiger partial charge in [-0.2, -0.15) is 5.10 Å². The number of nitrogens with zero attached hydrogens (tertiary/aromatic N) is 2. The highest BCUT2D eigenvalue weighted by Gasteiger charge is 2.12. The molecule has 4 nitrogen and oxygen atoms in total. The minimum Gasteiger partial charge on any atom is -0.476 e. The zero-order valence-corrected chi connectivity index (χ0v) is 12.0. The van der Waals surface area contributed by atoms with E-state index in [9.17, 15) is 0 Å². The highest BCUT2D eigenvalue weighted by atomic mass is 16.5. The van der Waals surface area contributed by atoms with E-state index in [2.05, 4.69) is 18.9 Å². The van der Waals surface area contributed by atoms with Crippen molar-refractivity contribution in [3.63, 3.8) is 0 Å². The van der Waals surface area contributed by atoms with Gasteiger partial charge in [0.1, 0.15) is 5.69 Å². The number of aryl methyl sites for hydroxylation is 2. The summed E-state index contributed by atoms with van der Waals surface area (Å²) >= 11 is 0. The lowest BCUT2D eigenvalue weighted by molar-refractivity contribution is 0.281. The van der Waals surface area contributed by atoms with Crippen molar-refractivity contribution < 1.29 is 4.74 Å². The molecule has 0 atom stereocenters. The Labute approximate surface area is 111 Å². The molecule has 0 saturated carbocycles. The predicted octanol–water partition coefficient (Wildman–Crippen LogP) is 3.30. The van der Waals surface area contributed by atoms with Crippen LogP contribution in [-0.2, 0) is 13.5 Å². The van der Waals surface area contributed by atoms with Crippen LogP contribution in [0.25, 0.3) is 0 Å². The van der Waals surface area contributed by atoms with E-state index in [1.54, 1.807) is 4.68 Å². The van der Waals surface area contributed by atoms with E-state index in [0.29, 0.717) is 5.69 Å². The molecule has 1 heterocycles. The van der Waals surface area contributed by atoms with Gasteiger partial charge in [-0.1, -0.05) is 46.0 Å². The minimum atomic E-state index is 0.700. The van der Waals surface area contributed by atoms with Crippen LogP contribution in [0.4, 0.5) is 5.69 Å². The number of hydrogen-bond acceptors (Lipinski definition) is 3. The van der Waals surface area contributed by atoms with Crippen LogP contribution in [0.2, 0.25) is 0 Å². The zero-order valence-electron chi connectivity index (χ0n) is 12.0. The molecule has 0 spiro atoms. The molecule has 0 aliphatic heterocycles. The van der Waals surface area contributed by atoms with Gasteiger partial charge in [-0.25, -0.2) is 4.68 Å². The van der Waals surface area contributed by atoms with Gasteiger partial charge < -0.3 is 10.5 Å². The third-order valence-corrected chi connectivity index (χ3v) is 3.18. The lowest BCUT2D eigenvalue weighted by atomic mass is 10.1. The predicted molar refractivity (Wildman–Crippen MR) is 75.9 cm³/mol. The smallest absolute Gasteiger partial charge is 0.235 e. The Bertz CT molecular complexity index is 347. The van der Waals surface area contributed by atoms with Crippen LogP contribution in [0.15, 0.2) is 0 Å². The molecule has 0 fully saturated rings. The van der Waals surface area contributed by atoms with Crippen molar-refractivity contribution in [3.05, 3.63) is 5.69 Å². The molecule has 18 heavy (non-hydrogen) atoms. The highest BCUT2D eigenvalue weighted by Crippen LogP contribution is 2.24. The van der Waals surface area contributed by atoms with Crippen LogP contribution in [0.5, 0.6) is 5.88 Å². The molecular weight excluding hydrogens is 226 g/mol. The molecule has 0 saturated heterocycles. The number of anilines is 1. The summed E-state index contributed by atoms with van der Waals surface area (Å²) in [5.41, 5.74) is 7.61. The maximum atomic E-state index is 5.99. The monoisotopic (exact) mass is 253 g/mol. The molecular formula is C14H27N3O. The average Bonchev–Trinajstić information content (AvgIpc) is 2.64. The number of rotatable bonds is 9. The Morgan fingerprint density at radius 2 is 1.78 bits per heavy atom. The van der Waals surface area contributed by atoms with Crippen LogP contribution < -0.4 is 10.5 Å². The topological polar surface area (TPSA) is 53.1 Å². The van der Waals surface area contributed by atoms with Gasteiger partial charge in [0.15, 0.2) is 0 Å². The molecule has 1 aromatic heterocycles. The van der Waals surface area contributed by atoms with Crippen molar-refractivity contribution in [1.82, 2.24) is 9.78 Å². The van der Waals surface area contributed by atoms with Crippen molar-refractivity contribution >= 4 is 5.69 Å². The maximum Gasteiger partial charge on any atom is 0.235 e. The van der Waals surface area contributed by atoms with Crippen molar-refractivity contribution in [2.75, 3.05) is 12.3 Å². The summed E-state index contributed by atoms with van der Waals surface area (Å²) in [5, 5.41) is 4.33. The van der Waals surface area contributed by atoms with Gasteiger partial charge in [-0.05, 0) is 12.8 Å². The van der Waals surface area contributed by atoms with Gasteiger partial charge in [0, 0.05) is 7.05 Å². The van der Waals surface area contributed by atoms with Crippen molar-refractivity contribution in [3.8, 4) is 5.88 Å². The lowest BCUT2D eigenvalue weighted by Gasteiger charge is -2.07. The standard InChI is InChI=1S/C14H27N3O/c1-4-6-7-8-9-10-11-18-14-13(15)12(5-2)16-17(14)3/h4-11,15H2,1-3H3. The van der Waals surface area contributed by atoms with Crippen molar-refractivity contribution in [1.29, 1.82) is 0 Å². The second-order valence-corrected chi connectivity index (χ2v) is 4.76. The molecule has 0 radical (unpaired) electrons. The van der Waals surface area contributed by atoms with E-state index in [-0.39, 0.29) is 0 Å². The first-order chi connectivity index (χ1) is 8.70. The van der Waals surface area contributed by atoms with Crippen molar-refractivity contribution in [2.24, 2.45) is 7.05 Å². The fraction of sp³-hybridized carbons (Fsp3) is 0.786. The number of ether oxygens (including phenoxy) is 1. The van der Waals surface area contributed by atoms with Gasteiger partial charge in [-0.3, -0.25) is 0 Å². The van der Waals surface area contributed by atoms with E-state index >= 15 is 0 Å². The summed E-state index contributed by atoms with van der Waals surface area (Å²) in [6.45, 7) is 5.02. The van der Waals surface area contributed by atoms with Gasteiger partial charge in [-0.15, -0.1) is 0 Å². The Morgan fingerprint density at radius 1 is 1.11 bits per heavy atom. The number of nitrogen functional groups attached to an aromatic ring is 1. The summed E-state index contributed by atoms with van der Waals surface area (Å²) < 4.78 is 7.47. The Balaban J connectivity index is 2.25. The van der Waals surface area contributed by atoms with Gasteiger partial charge in [0.2, 0.25) is 5.88 Å². The molecule has 0 aliphatic carbocycles. The van der Waals surface area contributed by atoms with Gasteiger partial charge >= 0.3 is 0 Å². The first-order valence-electron chi connectivity index (χ1n) is 7.14. The summed E-state index contributed by atoms with van der Waals surface area (Å²) in [6, 6.07) is 0. The third-order valence-electron chi connectivity index (χ3n) is 3.18. The largest absolute Gasteiger partial charge is 0.476 e. The molecule has 104 valence electrons. The highest BCUT2D eigenvalue weighted by molar-refractivity contribution is 5.53. The van der Waals surface area contributed by atoms with E-state index in [1.807, 2.05) is 7.05 Å². The Morgan fingerprint density at radius 3 is 2.39 bits per heavy atom. The number of hydrogen-bond donors (Lipinski definition) is 1. The second-order valence-electron chi connectivity index (χ2n) is 4.76. The quantitative estimate of drug-likeness (QED) is 0.687. The second kappa shape index (κ2) is 8.01. The maximum absolute atomic E-state index is 5.99. The first kappa shape index (κ1) is 14.9. The van der Waals surface area contributed by atoms with Crippen molar-refractivity contribution in [2.45, 2.75) is 58.8 Å². The Hall–Kier alpha value is -1.19. The summed E-state index contributed by atoms with van der Waals surface area (Å²) in [5.74, 6) is 0.723. The number of nitrogens with two attached hydrogens (primary N) is 1. The molecule has 4 heteroatoms. The lowest BCUT2D eigenvalue weighted by Crippen LogP contribution is -2.04. The van der Waals surface area contributed by atoms with Crippen LogP contribution in [0.3, 0.4) is 0 Å². The number of unbranched alkanes of at least 4 members (excludes halogenated alkanes) is 5. The summed E-state index contributed by atoms with van der Waals surface area (Å²) in [4.78, 5) is 0. The van der Waals surface area contributed by atoms with Crippen LogP contribution in [-0.4, -0.2) is 16.4 Å². The molecule has 0 aromatic carbocycles. The van der Waals surface area contributed by atoms with E-state index in [0.717, 1.165) is 31.0 Å². The molecule has 0 unspecified atom stereocenters. The van der Waals surface area contributed by atoms with E-state index < -0.39 is 0 Å². The van der Waals surface area contributed by atoms with Gasteiger partial charge in [0.25, 0.3) is 0 Å². The Kier molecular flexibility index (Phi) is 6.61. The first-order valence-corrected chi connectivity index (χ1v) is 7.14. The normalized spacial score (nSPS) is 10.8. The summed E-state index contributed by atoms with van der Waals surface area (Å²) in [7, 11) is 1.88. The molecule has 0 amide bonds. The van der Waals surface area contributed by atoms with Crippen LogP contribution in [0, 0.1) is 0 Å². The molecule has 1 rings (SSSR count). The fourth-order valence-electron chi connectivity index (χ4n) is 2.06. The van der Waals surface area contributed by atoms with Crippen LogP contribution in [0.1, 0.15) is 58.1 Å². The molecule has 1 aromatic rings. The summed E-state index contributed by atoms with van der Waals surface area (Å²) in [6.07, 6.45) is 8.45. The number of aromatic nitrogens is 2. The van der Waals surface area contributed by atoms with Crippen LogP contribution >= 0.6 is 0 Å². The van der Waals surface area contributed by atoms with E-state index in [4.69, 9.17) is 10.5 Å².